The van der Waals surface area contributed by atoms with Crippen LogP contribution in [0.1, 0.15) is 10.4 Å². The number of aromatic nitrogens is 2. The minimum absolute atomic E-state index is 0.357. The first-order chi connectivity index (χ1) is 10.3. The normalized spacial score (nSPS) is 10.3. The second-order valence-corrected chi connectivity index (χ2v) is 4.48. The van der Waals surface area contributed by atoms with Gasteiger partial charge in [0.2, 0.25) is 0 Å². The van der Waals surface area contributed by atoms with Crippen LogP contribution in [0, 0.1) is 0 Å². The fraction of sp³-hybridized carbons (Fsp3) is 0.0625. The lowest BCUT2D eigenvalue weighted by Gasteiger charge is -2.09. The second-order valence-electron chi connectivity index (χ2n) is 4.48. The van der Waals surface area contributed by atoms with Crippen molar-refractivity contribution in [3.63, 3.8) is 0 Å². The first-order valence-electron chi connectivity index (χ1n) is 6.41. The molecule has 0 saturated carbocycles. The third-order valence-electron chi connectivity index (χ3n) is 3.14. The number of methoxy groups -OCH3 is 1. The van der Waals surface area contributed by atoms with E-state index in [-0.39, 0.29) is 5.97 Å². The number of esters is 1. The molecule has 1 N–H and O–H groups in total. The van der Waals surface area contributed by atoms with Crippen molar-refractivity contribution in [2.45, 2.75) is 0 Å². The Labute approximate surface area is 121 Å². The summed E-state index contributed by atoms with van der Waals surface area (Å²) in [7, 11) is 1.37. The van der Waals surface area contributed by atoms with Gasteiger partial charge in [0, 0.05) is 35.1 Å². The molecule has 0 aliphatic rings. The smallest absolute Gasteiger partial charge is 0.337 e. The summed E-state index contributed by atoms with van der Waals surface area (Å²) < 4.78 is 4.73. The minimum Gasteiger partial charge on any atom is -0.465 e. The molecule has 0 spiro atoms. The van der Waals surface area contributed by atoms with Gasteiger partial charge in [-0.25, -0.2) is 4.79 Å². The highest BCUT2D eigenvalue weighted by atomic mass is 16.5. The van der Waals surface area contributed by atoms with Gasteiger partial charge in [0.05, 0.1) is 24.6 Å². The van der Waals surface area contributed by atoms with E-state index in [9.17, 15) is 4.79 Å². The number of nitrogens with zero attached hydrogens (tertiary/aromatic N) is 2. The number of ether oxygens (including phenoxy) is 1. The van der Waals surface area contributed by atoms with E-state index in [2.05, 4.69) is 15.3 Å². The van der Waals surface area contributed by atoms with E-state index in [1.54, 1.807) is 36.9 Å². The largest absolute Gasteiger partial charge is 0.465 e. The number of anilines is 2. The molecule has 21 heavy (non-hydrogen) atoms. The van der Waals surface area contributed by atoms with E-state index in [0.29, 0.717) is 5.56 Å². The zero-order valence-corrected chi connectivity index (χ0v) is 11.4. The Bertz CT molecular complexity index is 788. The van der Waals surface area contributed by atoms with Gasteiger partial charge in [-0.15, -0.1) is 0 Å². The number of hydrogen-bond donors (Lipinski definition) is 1. The lowest BCUT2D eigenvalue weighted by atomic mass is 10.1. The third-order valence-corrected chi connectivity index (χ3v) is 3.14. The van der Waals surface area contributed by atoms with E-state index >= 15 is 0 Å². The molecule has 0 aliphatic carbocycles. The van der Waals surface area contributed by atoms with Crippen molar-refractivity contribution in [2.75, 3.05) is 12.4 Å². The summed E-state index contributed by atoms with van der Waals surface area (Å²) in [6, 6.07) is 9.15. The maximum Gasteiger partial charge on any atom is 0.337 e. The lowest BCUT2D eigenvalue weighted by molar-refractivity contribution is 0.0601. The molecule has 1 aromatic carbocycles. The second kappa shape index (κ2) is 5.58. The summed E-state index contributed by atoms with van der Waals surface area (Å²) in [4.78, 5) is 19.8. The molecule has 0 unspecified atom stereocenters. The Morgan fingerprint density at radius 3 is 2.67 bits per heavy atom. The lowest BCUT2D eigenvalue weighted by Crippen LogP contribution is -2.01. The molecule has 3 aromatic rings. The topological polar surface area (TPSA) is 64.1 Å². The summed E-state index contributed by atoms with van der Waals surface area (Å²) in [5, 5.41) is 5.14. The van der Waals surface area contributed by atoms with Gasteiger partial charge in [0.1, 0.15) is 0 Å². The molecule has 2 heterocycles. The SMILES string of the molecule is COC(=O)c1ccc2c(Nc3ccncc3)cncc2c1. The van der Waals surface area contributed by atoms with Gasteiger partial charge in [-0.2, -0.15) is 0 Å². The van der Waals surface area contributed by atoms with Crippen molar-refractivity contribution in [3.05, 3.63) is 60.7 Å². The van der Waals surface area contributed by atoms with Crippen LogP contribution in [-0.2, 0) is 4.74 Å². The predicted molar refractivity (Wildman–Crippen MR) is 80.6 cm³/mol. The van der Waals surface area contributed by atoms with Crippen LogP contribution in [0.3, 0.4) is 0 Å². The molecule has 3 rings (SSSR count). The molecule has 0 fully saturated rings. The van der Waals surface area contributed by atoms with Crippen LogP contribution in [0.2, 0.25) is 0 Å². The zero-order valence-electron chi connectivity index (χ0n) is 11.4. The first kappa shape index (κ1) is 13.1. The van der Waals surface area contributed by atoms with Crippen LogP contribution in [-0.4, -0.2) is 23.0 Å². The van der Waals surface area contributed by atoms with Crippen LogP contribution in [0.4, 0.5) is 11.4 Å². The first-order valence-corrected chi connectivity index (χ1v) is 6.41. The summed E-state index contributed by atoms with van der Waals surface area (Å²) >= 11 is 0. The maximum atomic E-state index is 11.6. The number of hydrogen-bond acceptors (Lipinski definition) is 5. The highest BCUT2D eigenvalue weighted by Crippen LogP contribution is 2.26. The van der Waals surface area contributed by atoms with Crippen LogP contribution >= 0.6 is 0 Å². The predicted octanol–water partition coefficient (Wildman–Crippen LogP) is 3.16. The Morgan fingerprint density at radius 1 is 1.10 bits per heavy atom. The summed E-state index contributed by atoms with van der Waals surface area (Å²) in [5.74, 6) is -0.357. The fourth-order valence-corrected chi connectivity index (χ4v) is 2.11. The molecule has 5 nitrogen and oxygen atoms in total. The molecular weight excluding hydrogens is 266 g/mol. The minimum atomic E-state index is -0.357. The fourth-order valence-electron chi connectivity index (χ4n) is 2.11. The van der Waals surface area contributed by atoms with Gasteiger partial charge in [0.15, 0.2) is 0 Å². The van der Waals surface area contributed by atoms with Crippen LogP contribution in [0.15, 0.2) is 55.1 Å². The van der Waals surface area contributed by atoms with Gasteiger partial charge >= 0.3 is 5.97 Å². The average molecular weight is 279 g/mol. The maximum absolute atomic E-state index is 11.6. The average Bonchev–Trinajstić information content (AvgIpc) is 2.55. The van der Waals surface area contributed by atoms with E-state index in [1.807, 2.05) is 18.2 Å². The summed E-state index contributed by atoms with van der Waals surface area (Å²) in [6.45, 7) is 0. The number of rotatable bonds is 3. The number of benzene rings is 1. The monoisotopic (exact) mass is 279 g/mol. The summed E-state index contributed by atoms with van der Waals surface area (Å²) in [5.41, 5.74) is 2.30. The van der Waals surface area contributed by atoms with Crippen LogP contribution in [0.5, 0.6) is 0 Å². The molecular formula is C16H13N3O2. The quantitative estimate of drug-likeness (QED) is 0.746. The number of nitrogens with one attached hydrogen (secondary N) is 1. The van der Waals surface area contributed by atoms with Gasteiger partial charge in [-0.05, 0) is 24.3 Å². The number of carbonyl (C=O) groups is 1. The van der Waals surface area contributed by atoms with Crippen LogP contribution < -0.4 is 5.32 Å². The Hall–Kier alpha value is -2.95. The standard InChI is InChI=1S/C16H13N3O2/c1-21-16(20)11-2-3-14-12(8-11)9-18-10-15(14)19-13-4-6-17-7-5-13/h2-10H,1H3,(H,17,19). The van der Waals surface area contributed by atoms with E-state index < -0.39 is 0 Å². The Morgan fingerprint density at radius 2 is 1.90 bits per heavy atom. The molecule has 0 saturated heterocycles. The molecule has 0 radical (unpaired) electrons. The van der Waals surface area contributed by atoms with Gasteiger partial charge in [-0.1, -0.05) is 6.07 Å². The summed E-state index contributed by atoms with van der Waals surface area (Å²) in [6.07, 6.45) is 6.91. The van der Waals surface area contributed by atoms with Crippen molar-refractivity contribution >= 4 is 28.1 Å². The van der Waals surface area contributed by atoms with Crippen molar-refractivity contribution in [1.29, 1.82) is 0 Å². The Balaban J connectivity index is 2.02. The third kappa shape index (κ3) is 2.67. The molecule has 5 heteroatoms. The molecule has 0 atom stereocenters. The van der Waals surface area contributed by atoms with E-state index in [0.717, 1.165) is 22.1 Å². The molecule has 0 bridgehead atoms. The molecule has 0 aliphatic heterocycles. The van der Waals surface area contributed by atoms with Crippen molar-refractivity contribution in [1.82, 2.24) is 9.97 Å². The van der Waals surface area contributed by atoms with Crippen LogP contribution in [0.25, 0.3) is 10.8 Å². The highest BCUT2D eigenvalue weighted by molar-refractivity contribution is 5.99. The zero-order chi connectivity index (χ0) is 14.7. The molecule has 104 valence electrons. The van der Waals surface area contributed by atoms with Gasteiger partial charge in [0.25, 0.3) is 0 Å². The highest BCUT2D eigenvalue weighted by Gasteiger charge is 2.08. The van der Waals surface area contributed by atoms with Crippen molar-refractivity contribution < 1.29 is 9.53 Å². The Kier molecular flexibility index (Phi) is 3.47. The van der Waals surface area contributed by atoms with Gasteiger partial charge in [-0.3, -0.25) is 9.97 Å². The van der Waals surface area contributed by atoms with Crippen molar-refractivity contribution in [2.24, 2.45) is 0 Å². The van der Waals surface area contributed by atoms with E-state index in [4.69, 9.17) is 4.74 Å². The van der Waals surface area contributed by atoms with E-state index in [1.165, 1.54) is 7.11 Å². The number of pyridine rings is 2. The number of carbonyl (C=O) groups excluding carboxylic acids is 1. The molecule has 0 amide bonds. The van der Waals surface area contributed by atoms with Gasteiger partial charge < -0.3 is 10.1 Å². The number of fused-ring (bicyclic) bond motifs is 1. The molecule has 2 aromatic heterocycles. The van der Waals surface area contributed by atoms with Crippen molar-refractivity contribution in [3.8, 4) is 0 Å².